The molecule has 0 spiro atoms. The van der Waals surface area contributed by atoms with Gasteiger partial charge in [-0.25, -0.2) is 0 Å². The van der Waals surface area contributed by atoms with E-state index in [4.69, 9.17) is 15.7 Å². The highest BCUT2D eigenvalue weighted by Crippen LogP contribution is 2.03. The summed E-state index contributed by atoms with van der Waals surface area (Å²) >= 11 is 0. The fourth-order valence-electron chi connectivity index (χ4n) is 1.21. The lowest BCUT2D eigenvalue weighted by atomic mass is 10.2. The molecule has 0 heterocycles. The summed E-state index contributed by atoms with van der Waals surface area (Å²) in [5, 5.41) is 18.3. The van der Waals surface area contributed by atoms with Crippen LogP contribution in [0.2, 0.25) is 0 Å². The number of rotatable bonds is 6. The molecule has 0 atom stereocenters. The summed E-state index contributed by atoms with van der Waals surface area (Å²) in [5.41, 5.74) is 0.853. The Morgan fingerprint density at radius 2 is 1.64 bits per heavy atom. The molecule has 0 saturated carbocycles. The van der Waals surface area contributed by atoms with Crippen molar-refractivity contribution in [2.24, 2.45) is 0 Å². The van der Waals surface area contributed by atoms with Crippen molar-refractivity contribution in [2.45, 2.75) is 6.54 Å². The van der Waals surface area contributed by atoms with Crippen LogP contribution in [0.25, 0.3) is 0 Å². The van der Waals surface area contributed by atoms with Crippen molar-refractivity contribution < 1.29 is 15.7 Å². The fraction of sp³-hybridized carbons (Fsp3) is 0.455. The standard InChI is InChI=1S/C11H17NO2/c13-8-6-12(7-9-14)10-11-4-2-1-3-5-11/h1-5,13-14H,6-10H2/i8D2,9D2. The van der Waals surface area contributed by atoms with Gasteiger partial charge in [0.05, 0.1) is 18.6 Å². The summed E-state index contributed by atoms with van der Waals surface area (Å²) in [6.45, 7) is -5.36. The highest BCUT2D eigenvalue weighted by atomic mass is 16.3. The molecular formula is C11H17NO2. The largest absolute Gasteiger partial charge is 0.395 e. The number of aliphatic hydroxyl groups is 2. The SMILES string of the molecule is [2H]C([2H])(O)CN(Cc1ccccc1)CC([2H])([2H])O. The van der Waals surface area contributed by atoms with Gasteiger partial charge in [0, 0.05) is 19.6 Å². The van der Waals surface area contributed by atoms with Gasteiger partial charge in [-0.05, 0) is 5.56 Å². The van der Waals surface area contributed by atoms with E-state index in [1.54, 1.807) is 0 Å². The maximum atomic E-state index is 9.15. The average molecular weight is 199 g/mol. The van der Waals surface area contributed by atoms with Crippen LogP contribution in [-0.2, 0) is 6.54 Å². The van der Waals surface area contributed by atoms with Crippen molar-refractivity contribution in [1.82, 2.24) is 4.90 Å². The molecule has 0 bridgehead atoms. The summed E-state index contributed by atoms with van der Waals surface area (Å²) in [6, 6.07) is 9.09. The molecule has 0 aliphatic heterocycles. The minimum Gasteiger partial charge on any atom is -0.395 e. The number of hydrogen-bond acceptors (Lipinski definition) is 3. The summed E-state index contributed by atoms with van der Waals surface area (Å²) in [6.07, 6.45) is 0. The van der Waals surface area contributed by atoms with Gasteiger partial charge in [-0.2, -0.15) is 0 Å². The summed E-state index contributed by atoms with van der Waals surface area (Å²) in [5.74, 6) is 0. The van der Waals surface area contributed by atoms with E-state index in [2.05, 4.69) is 0 Å². The molecule has 1 rings (SSSR count). The molecule has 0 radical (unpaired) electrons. The molecule has 0 amide bonds. The topological polar surface area (TPSA) is 43.7 Å². The third kappa shape index (κ3) is 3.87. The van der Waals surface area contributed by atoms with Crippen LogP contribution >= 0.6 is 0 Å². The first-order valence-corrected chi connectivity index (χ1v) is 4.37. The van der Waals surface area contributed by atoms with Crippen molar-refractivity contribution in [3.8, 4) is 0 Å². The molecule has 0 saturated heterocycles. The fourth-order valence-corrected chi connectivity index (χ4v) is 1.21. The highest BCUT2D eigenvalue weighted by Gasteiger charge is 2.03. The Bertz CT molecular complexity index is 346. The van der Waals surface area contributed by atoms with Crippen molar-refractivity contribution in [1.29, 1.82) is 0 Å². The van der Waals surface area contributed by atoms with E-state index in [1.165, 1.54) is 4.90 Å². The van der Waals surface area contributed by atoms with E-state index >= 15 is 0 Å². The van der Waals surface area contributed by atoms with E-state index < -0.39 is 13.1 Å². The molecule has 78 valence electrons. The molecule has 0 aromatic heterocycles. The van der Waals surface area contributed by atoms with Crippen LogP contribution in [0.3, 0.4) is 0 Å². The molecule has 1 aromatic rings. The molecule has 14 heavy (non-hydrogen) atoms. The smallest absolute Gasteiger partial charge is 0.0577 e. The molecule has 0 unspecified atom stereocenters. The van der Waals surface area contributed by atoms with Crippen molar-refractivity contribution in [3.05, 3.63) is 35.9 Å². The van der Waals surface area contributed by atoms with Crippen LogP contribution in [0, 0.1) is 0 Å². The molecule has 0 fully saturated rings. The first-order valence-electron chi connectivity index (χ1n) is 6.37. The van der Waals surface area contributed by atoms with Gasteiger partial charge in [0.15, 0.2) is 0 Å². The third-order valence-electron chi connectivity index (χ3n) is 1.84. The molecule has 3 nitrogen and oxygen atoms in total. The quantitative estimate of drug-likeness (QED) is 0.700. The maximum Gasteiger partial charge on any atom is 0.0577 e. The lowest BCUT2D eigenvalue weighted by Gasteiger charge is -2.19. The van der Waals surface area contributed by atoms with Crippen LogP contribution in [0.15, 0.2) is 30.3 Å². The monoisotopic (exact) mass is 199 g/mol. The molecule has 3 heteroatoms. The normalized spacial score (nSPS) is 17.1. The Balaban J connectivity index is 2.72. The van der Waals surface area contributed by atoms with Crippen LogP contribution in [0.1, 0.15) is 11.0 Å². The summed E-state index contributed by atoms with van der Waals surface area (Å²) in [4.78, 5) is 1.33. The Hall–Kier alpha value is -0.900. The Morgan fingerprint density at radius 3 is 2.14 bits per heavy atom. The number of hydrogen-bond donors (Lipinski definition) is 2. The molecule has 2 N–H and O–H groups in total. The Morgan fingerprint density at radius 1 is 1.07 bits per heavy atom. The highest BCUT2D eigenvalue weighted by molar-refractivity contribution is 5.14. The second-order valence-electron chi connectivity index (χ2n) is 2.95. The molecular weight excluding hydrogens is 178 g/mol. The second kappa shape index (κ2) is 6.54. The summed E-state index contributed by atoms with van der Waals surface area (Å²) < 4.78 is 28.4. The molecule has 0 aliphatic carbocycles. The predicted octanol–water partition coefficient (Wildman–Crippen LogP) is 0.473. The van der Waals surface area contributed by atoms with Gasteiger partial charge in [-0.3, -0.25) is 4.90 Å². The Kier molecular flexibility index (Phi) is 3.06. The minimum atomic E-state index is -2.43. The van der Waals surface area contributed by atoms with Crippen molar-refractivity contribution in [3.63, 3.8) is 0 Å². The van der Waals surface area contributed by atoms with E-state index in [-0.39, 0.29) is 19.6 Å². The van der Waals surface area contributed by atoms with Crippen LogP contribution < -0.4 is 0 Å². The first kappa shape index (κ1) is 6.56. The van der Waals surface area contributed by atoms with E-state index in [9.17, 15) is 0 Å². The number of benzene rings is 1. The van der Waals surface area contributed by atoms with E-state index in [1.807, 2.05) is 30.3 Å². The van der Waals surface area contributed by atoms with E-state index in [0.29, 0.717) is 0 Å². The van der Waals surface area contributed by atoms with Gasteiger partial charge in [0.2, 0.25) is 0 Å². The van der Waals surface area contributed by atoms with Crippen molar-refractivity contribution >= 4 is 0 Å². The number of nitrogens with zero attached hydrogens (tertiary/aromatic N) is 1. The Labute approximate surface area is 90.2 Å². The van der Waals surface area contributed by atoms with E-state index in [0.717, 1.165) is 5.56 Å². The first-order chi connectivity index (χ1) is 8.16. The van der Waals surface area contributed by atoms with Gasteiger partial charge < -0.3 is 10.2 Å². The van der Waals surface area contributed by atoms with Gasteiger partial charge >= 0.3 is 0 Å². The zero-order chi connectivity index (χ0) is 13.8. The molecule has 0 aliphatic rings. The zero-order valence-electron chi connectivity index (χ0n) is 11.8. The van der Waals surface area contributed by atoms with Crippen LogP contribution in [0.5, 0.6) is 0 Å². The lowest BCUT2D eigenvalue weighted by Crippen LogP contribution is -2.29. The zero-order valence-corrected chi connectivity index (χ0v) is 7.85. The van der Waals surface area contributed by atoms with Crippen LogP contribution in [-0.4, -0.2) is 41.3 Å². The lowest BCUT2D eigenvalue weighted by molar-refractivity contribution is 0.156. The van der Waals surface area contributed by atoms with Gasteiger partial charge in [-0.1, -0.05) is 30.3 Å². The second-order valence-corrected chi connectivity index (χ2v) is 2.95. The maximum absolute atomic E-state index is 9.15. The average Bonchev–Trinajstić information content (AvgIpc) is 2.13. The minimum absolute atomic E-state index is 0.251. The molecule has 1 aromatic carbocycles. The van der Waals surface area contributed by atoms with Crippen molar-refractivity contribution in [2.75, 3.05) is 26.2 Å². The third-order valence-corrected chi connectivity index (χ3v) is 1.84. The predicted molar refractivity (Wildman–Crippen MR) is 55.9 cm³/mol. The summed E-state index contributed by atoms with van der Waals surface area (Å²) in [7, 11) is 0. The van der Waals surface area contributed by atoms with Gasteiger partial charge in [0.25, 0.3) is 0 Å². The van der Waals surface area contributed by atoms with Gasteiger partial charge in [0.1, 0.15) is 0 Å². The van der Waals surface area contributed by atoms with Gasteiger partial charge in [-0.15, -0.1) is 0 Å². The van der Waals surface area contributed by atoms with Crippen LogP contribution in [0.4, 0.5) is 0 Å².